The number of amides is 1. The molecule has 6 heteroatoms. The molecule has 1 aliphatic heterocycles. The summed E-state index contributed by atoms with van der Waals surface area (Å²) in [6, 6.07) is 20.4. The molecule has 0 unspecified atom stereocenters. The molecule has 0 saturated heterocycles. The topological polar surface area (TPSA) is 73.9 Å². The van der Waals surface area contributed by atoms with Crippen LogP contribution in [0.2, 0.25) is 0 Å². The largest absolute Gasteiger partial charge is 0.486 e. The number of nitrogens with one attached hydrogen (secondary N) is 1. The van der Waals surface area contributed by atoms with Gasteiger partial charge in [0.15, 0.2) is 11.5 Å². The lowest BCUT2D eigenvalue weighted by atomic mass is 10.1. The minimum Gasteiger partial charge on any atom is -0.486 e. The van der Waals surface area contributed by atoms with Crippen molar-refractivity contribution in [2.24, 2.45) is 0 Å². The monoisotopic (exact) mass is 375 g/mol. The SMILES string of the molecule is O=C(Nc1ccccc1)c1cccc(C(=O)Oc2ccc3c(c2)OCCO3)c1. The van der Waals surface area contributed by atoms with E-state index in [-0.39, 0.29) is 11.5 Å². The van der Waals surface area contributed by atoms with Crippen LogP contribution in [0.5, 0.6) is 17.2 Å². The molecule has 140 valence electrons. The lowest BCUT2D eigenvalue weighted by Crippen LogP contribution is -2.16. The summed E-state index contributed by atoms with van der Waals surface area (Å²) < 4.78 is 16.4. The molecular weight excluding hydrogens is 358 g/mol. The van der Waals surface area contributed by atoms with Gasteiger partial charge >= 0.3 is 5.97 Å². The second-order valence-corrected chi connectivity index (χ2v) is 6.10. The Morgan fingerprint density at radius 3 is 2.36 bits per heavy atom. The van der Waals surface area contributed by atoms with Gasteiger partial charge in [-0.1, -0.05) is 24.3 Å². The van der Waals surface area contributed by atoms with Crippen LogP contribution in [0.15, 0.2) is 72.8 Å². The van der Waals surface area contributed by atoms with E-state index < -0.39 is 5.97 Å². The number of hydrogen-bond acceptors (Lipinski definition) is 5. The Morgan fingerprint density at radius 2 is 1.54 bits per heavy atom. The number of ether oxygens (including phenoxy) is 3. The van der Waals surface area contributed by atoms with E-state index in [0.29, 0.717) is 41.7 Å². The molecule has 28 heavy (non-hydrogen) atoms. The van der Waals surface area contributed by atoms with E-state index in [1.165, 1.54) is 6.07 Å². The summed E-state index contributed by atoms with van der Waals surface area (Å²) >= 11 is 0. The lowest BCUT2D eigenvalue weighted by molar-refractivity contribution is 0.0733. The predicted molar refractivity (Wildman–Crippen MR) is 103 cm³/mol. The van der Waals surface area contributed by atoms with Gasteiger partial charge in [-0.3, -0.25) is 4.79 Å². The van der Waals surface area contributed by atoms with Gasteiger partial charge in [-0.15, -0.1) is 0 Å². The van der Waals surface area contributed by atoms with E-state index in [4.69, 9.17) is 14.2 Å². The zero-order chi connectivity index (χ0) is 19.3. The highest BCUT2D eigenvalue weighted by atomic mass is 16.6. The smallest absolute Gasteiger partial charge is 0.343 e. The zero-order valence-corrected chi connectivity index (χ0v) is 14.9. The molecular formula is C22H17NO5. The number of carbonyl (C=O) groups is 2. The molecule has 3 aromatic rings. The third-order valence-electron chi connectivity index (χ3n) is 4.12. The molecule has 0 spiro atoms. The second-order valence-electron chi connectivity index (χ2n) is 6.10. The van der Waals surface area contributed by atoms with Gasteiger partial charge in [0.25, 0.3) is 5.91 Å². The minimum absolute atomic E-state index is 0.274. The van der Waals surface area contributed by atoms with Gasteiger partial charge < -0.3 is 19.5 Å². The zero-order valence-electron chi connectivity index (χ0n) is 14.9. The molecule has 0 radical (unpaired) electrons. The average Bonchev–Trinajstić information content (AvgIpc) is 2.74. The van der Waals surface area contributed by atoms with E-state index in [2.05, 4.69) is 5.32 Å². The molecule has 4 rings (SSSR count). The van der Waals surface area contributed by atoms with Gasteiger partial charge in [-0.05, 0) is 42.5 Å². The molecule has 0 saturated carbocycles. The van der Waals surface area contributed by atoms with Crippen molar-refractivity contribution in [3.8, 4) is 17.2 Å². The Bertz CT molecular complexity index is 1020. The van der Waals surface area contributed by atoms with Crippen LogP contribution in [0, 0.1) is 0 Å². The highest BCUT2D eigenvalue weighted by Gasteiger charge is 2.16. The van der Waals surface area contributed by atoms with Crippen LogP contribution in [0.3, 0.4) is 0 Å². The van der Waals surface area contributed by atoms with Gasteiger partial charge in [0, 0.05) is 17.3 Å². The first-order valence-electron chi connectivity index (χ1n) is 8.77. The number of anilines is 1. The van der Waals surface area contributed by atoms with Crippen LogP contribution in [-0.2, 0) is 0 Å². The first kappa shape index (κ1) is 17.6. The number of para-hydroxylation sites is 1. The van der Waals surface area contributed by atoms with Crippen molar-refractivity contribution in [1.82, 2.24) is 0 Å². The molecule has 0 fully saturated rings. The summed E-state index contributed by atoms with van der Waals surface area (Å²) in [5.41, 5.74) is 1.31. The summed E-state index contributed by atoms with van der Waals surface area (Å²) in [5.74, 6) is 0.623. The Kier molecular flexibility index (Phi) is 4.93. The summed E-state index contributed by atoms with van der Waals surface area (Å²) in [6.45, 7) is 0.937. The Morgan fingerprint density at radius 1 is 0.786 bits per heavy atom. The van der Waals surface area contributed by atoms with Crippen molar-refractivity contribution < 1.29 is 23.8 Å². The summed E-state index contributed by atoms with van der Waals surface area (Å²) in [7, 11) is 0. The summed E-state index contributed by atoms with van der Waals surface area (Å²) in [6.07, 6.45) is 0. The fourth-order valence-electron chi connectivity index (χ4n) is 2.77. The van der Waals surface area contributed by atoms with Crippen molar-refractivity contribution in [2.45, 2.75) is 0 Å². The highest BCUT2D eigenvalue weighted by molar-refractivity contribution is 6.05. The number of rotatable bonds is 4. The van der Waals surface area contributed by atoms with Gasteiger partial charge in [0.2, 0.25) is 0 Å². The fraction of sp³-hybridized carbons (Fsp3) is 0.0909. The van der Waals surface area contributed by atoms with Crippen molar-refractivity contribution in [1.29, 1.82) is 0 Å². The number of esters is 1. The molecule has 0 aliphatic carbocycles. The van der Waals surface area contributed by atoms with E-state index in [1.807, 2.05) is 18.2 Å². The molecule has 1 heterocycles. The fourth-order valence-corrected chi connectivity index (χ4v) is 2.77. The van der Waals surface area contributed by atoms with Crippen LogP contribution in [0.1, 0.15) is 20.7 Å². The first-order valence-corrected chi connectivity index (χ1v) is 8.77. The maximum absolute atomic E-state index is 12.5. The molecule has 6 nitrogen and oxygen atoms in total. The quantitative estimate of drug-likeness (QED) is 0.552. The highest BCUT2D eigenvalue weighted by Crippen LogP contribution is 2.33. The number of hydrogen-bond donors (Lipinski definition) is 1. The normalized spacial score (nSPS) is 12.1. The summed E-state index contributed by atoms with van der Waals surface area (Å²) in [5, 5.41) is 2.79. The minimum atomic E-state index is -0.564. The standard InChI is InChI=1S/C22H17NO5/c24-21(23-17-7-2-1-3-8-17)15-5-4-6-16(13-15)22(25)28-18-9-10-19-20(14-18)27-12-11-26-19/h1-10,13-14H,11-12H2,(H,23,24). The van der Waals surface area contributed by atoms with Gasteiger partial charge in [-0.2, -0.15) is 0 Å². The van der Waals surface area contributed by atoms with E-state index in [9.17, 15) is 9.59 Å². The number of fused-ring (bicyclic) bond motifs is 1. The Labute approximate surface area is 161 Å². The van der Waals surface area contributed by atoms with E-state index in [1.54, 1.807) is 48.5 Å². The van der Waals surface area contributed by atoms with Gasteiger partial charge in [0.1, 0.15) is 19.0 Å². The molecule has 1 aliphatic rings. The van der Waals surface area contributed by atoms with Gasteiger partial charge in [0.05, 0.1) is 5.56 Å². The lowest BCUT2D eigenvalue weighted by Gasteiger charge is -2.18. The van der Waals surface area contributed by atoms with Crippen LogP contribution in [0.4, 0.5) is 5.69 Å². The Hall–Kier alpha value is -3.80. The third kappa shape index (κ3) is 3.96. The molecule has 1 amide bonds. The van der Waals surface area contributed by atoms with Crippen LogP contribution >= 0.6 is 0 Å². The molecule has 3 aromatic carbocycles. The van der Waals surface area contributed by atoms with Crippen LogP contribution < -0.4 is 19.5 Å². The molecule has 0 atom stereocenters. The average molecular weight is 375 g/mol. The van der Waals surface area contributed by atoms with Crippen molar-refractivity contribution in [3.63, 3.8) is 0 Å². The van der Waals surface area contributed by atoms with Crippen molar-refractivity contribution in [3.05, 3.63) is 83.9 Å². The molecule has 1 N–H and O–H groups in total. The van der Waals surface area contributed by atoms with Crippen LogP contribution in [0.25, 0.3) is 0 Å². The number of carbonyl (C=O) groups excluding carboxylic acids is 2. The maximum Gasteiger partial charge on any atom is 0.343 e. The third-order valence-corrected chi connectivity index (χ3v) is 4.12. The van der Waals surface area contributed by atoms with Crippen molar-refractivity contribution in [2.75, 3.05) is 18.5 Å². The summed E-state index contributed by atoms with van der Waals surface area (Å²) in [4.78, 5) is 24.9. The van der Waals surface area contributed by atoms with Crippen molar-refractivity contribution >= 4 is 17.6 Å². The van der Waals surface area contributed by atoms with Crippen LogP contribution in [-0.4, -0.2) is 25.1 Å². The van der Waals surface area contributed by atoms with Gasteiger partial charge in [-0.25, -0.2) is 4.79 Å². The molecule has 0 bridgehead atoms. The van der Waals surface area contributed by atoms with E-state index in [0.717, 1.165) is 0 Å². The first-order chi connectivity index (χ1) is 13.7. The number of benzene rings is 3. The maximum atomic E-state index is 12.5. The van der Waals surface area contributed by atoms with E-state index >= 15 is 0 Å². The Balaban J connectivity index is 1.47. The predicted octanol–water partition coefficient (Wildman–Crippen LogP) is 3.93. The molecule has 0 aromatic heterocycles. The second kappa shape index (κ2) is 7.84.